The molecule has 0 radical (unpaired) electrons. The summed E-state index contributed by atoms with van der Waals surface area (Å²) in [7, 11) is 1.50. The molecule has 3 aromatic carbocycles. The third kappa shape index (κ3) is 5.80. The van der Waals surface area contributed by atoms with Crippen molar-refractivity contribution in [3.63, 3.8) is 0 Å². The highest BCUT2D eigenvalue weighted by Gasteiger charge is 2.37. The molecule has 0 atom stereocenters. The van der Waals surface area contributed by atoms with Gasteiger partial charge in [0.1, 0.15) is 23.7 Å². The van der Waals surface area contributed by atoms with Gasteiger partial charge in [-0.15, -0.1) is 0 Å². The van der Waals surface area contributed by atoms with E-state index in [4.69, 9.17) is 14.2 Å². The second-order valence-corrected chi connectivity index (χ2v) is 8.69. The van der Waals surface area contributed by atoms with Crippen LogP contribution in [0.15, 0.2) is 70.7 Å². The highest BCUT2D eigenvalue weighted by Crippen LogP contribution is 2.38. The molecule has 1 saturated heterocycles. The van der Waals surface area contributed by atoms with Crippen LogP contribution in [0, 0.1) is 5.82 Å². The number of methoxy groups -OCH3 is 1. The highest BCUT2D eigenvalue weighted by atomic mass is 79.9. The first kappa shape index (κ1) is 25.9. The Hall–Kier alpha value is -4.18. The van der Waals surface area contributed by atoms with E-state index in [-0.39, 0.29) is 23.7 Å². The van der Waals surface area contributed by atoms with Crippen molar-refractivity contribution in [1.82, 2.24) is 5.32 Å². The van der Waals surface area contributed by atoms with Crippen molar-refractivity contribution in [3.8, 4) is 17.2 Å². The Balaban J connectivity index is 1.65. The molecule has 4 rings (SSSR count). The van der Waals surface area contributed by atoms with Gasteiger partial charge < -0.3 is 14.2 Å². The minimum absolute atomic E-state index is 0.0939. The Morgan fingerprint density at radius 2 is 1.78 bits per heavy atom. The molecule has 0 saturated carbocycles. The Morgan fingerprint density at radius 3 is 2.46 bits per heavy atom. The first-order valence-electron chi connectivity index (χ1n) is 11.2. The summed E-state index contributed by atoms with van der Waals surface area (Å²) >= 11 is 3.45. The summed E-state index contributed by atoms with van der Waals surface area (Å²) in [6.45, 7) is 2.21. The lowest BCUT2D eigenvalue weighted by Crippen LogP contribution is -2.54. The van der Waals surface area contributed by atoms with Crippen LogP contribution in [0.4, 0.5) is 14.9 Å². The van der Waals surface area contributed by atoms with Gasteiger partial charge in [0.15, 0.2) is 11.5 Å². The minimum atomic E-state index is -0.852. The molecular weight excluding hydrogens is 547 g/mol. The summed E-state index contributed by atoms with van der Waals surface area (Å²) in [5, 5.41) is 2.20. The molecular formula is C27H22BrFN2O6. The number of barbiturate groups is 1. The number of benzene rings is 3. The van der Waals surface area contributed by atoms with Gasteiger partial charge in [0.25, 0.3) is 11.8 Å². The van der Waals surface area contributed by atoms with Crippen LogP contribution < -0.4 is 24.4 Å². The fraction of sp³-hybridized carbons (Fsp3) is 0.148. The first-order chi connectivity index (χ1) is 17.8. The zero-order valence-corrected chi connectivity index (χ0v) is 21.5. The molecule has 1 heterocycles. The van der Waals surface area contributed by atoms with E-state index in [1.165, 1.54) is 37.5 Å². The van der Waals surface area contributed by atoms with Crippen LogP contribution in [0.5, 0.6) is 17.2 Å². The maximum absolute atomic E-state index is 13.5. The van der Waals surface area contributed by atoms with E-state index in [0.717, 1.165) is 4.90 Å². The summed E-state index contributed by atoms with van der Waals surface area (Å²) in [5.41, 5.74) is 1.13. The second-order valence-electron chi connectivity index (χ2n) is 7.84. The van der Waals surface area contributed by atoms with E-state index in [9.17, 15) is 18.8 Å². The summed E-state index contributed by atoms with van der Waals surface area (Å²) in [4.78, 5) is 39.1. The van der Waals surface area contributed by atoms with Crippen LogP contribution in [-0.4, -0.2) is 31.6 Å². The molecule has 0 spiro atoms. The van der Waals surface area contributed by atoms with Crippen LogP contribution >= 0.6 is 15.9 Å². The van der Waals surface area contributed by atoms with Crippen LogP contribution in [0.3, 0.4) is 0 Å². The number of hydrogen-bond acceptors (Lipinski definition) is 6. The van der Waals surface area contributed by atoms with Gasteiger partial charge >= 0.3 is 6.03 Å². The van der Waals surface area contributed by atoms with Gasteiger partial charge in [-0.25, -0.2) is 14.1 Å². The lowest BCUT2D eigenvalue weighted by atomic mass is 10.1. The number of rotatable bonds is 8. The normalized spacial score (nSPS) is 14.5. The van der Waals surface area contributed by atoms with E-state index in [2.05, 4.69) is 21.2 Å². The molecule has 10 heteroatoms. The molecule has 3 aromatic rings. The number of imide groups is 2. The largest absolute Gasteiger partial charge is 0.497 e. The smallest absolute Gasteiger partial charge is 0.335 e. The van der Waals surface area contributed by atoms with E-state index < -0.39 is 17.8 Å². The molecule has 1 aliphatic heterocycles. The fourth-order valence-electron chi connectivity index (χ4n) is 3.65. The number of anilines is 1. The number of nitrogens with zero attached hydrogens (tertiary/aromatic N) is 1. The third-order valence-electron chi connectivity index (χ3n) is 5.35. The lowest BCUT2D eigenvalue weighted by molar-refractivity contribution is -0.122. The molecule has 1 fully saturated rings. The number of urea groups is 1. The number of halogens is 2. The van der Waals surface area contributed by atoms with Gasteiger partial charge in [0.2, 0.25) is 0 Å². The Labute approximate surface area is 220 Å². The maximum atomic E-state index is 13.5. The molecule has 0 aliphatic carbocycles. The topological polar surface area (TPSA) is 94.2 Å². The van der Waals surface area contributed by atoms with Crippen molar-refractivity contribution in [2.75, 3.05) is 18.6 Å². The second kappa shape index (κ2) is 11.3. The maximum Gasteiger partial charge on any atom is 0.335 e. The zero-order valence-electron chi connectivity index (χ0n) is 19.9. The van der Waals surface area contributed by atoms with Crippen molar-refractivity contribution in [2.45, 2.75) is 13.5 Å². The molecule has 190 valence electrons. The predicted octanol–water partition coefficient (Wildman–Crippen LogP) is 5.24. The average Bonchev–Trinajstić information content (AvgIpc) is 2.86. The van der Waals surface area contributed by atoms with Gasteiger partial charge in [-0.2, -0.15) is 0 Å². The molecule has 0 unspecified atom stereocenters. The number of nitrogens with one attached hydrogen (secondary N) is 1. The Morgan fingerprint density at radius 1 is 1.03 bits per heavy atom. The van der Waals surface area contributed by atoms with E-state index >= 15 is 0 Å². The quantitative estimate of drug-likeness (QED) is 0.295. The molecule has 0 bridgehead atoms. The van der Waals surface area contributed by atoms with Crippen LogP contribution in [0.2, 0.25) is 0 Å². The molecule has 1 N–H and O–H groups in total. The Bertz CT molecular complexity index is 1390. The Kier molecular flexibility index (Phi) is 7.88. The monoisotopic (exact) mass is 568 g/mol. The number of ether oxygens (including phenoxy) is 3. The highest BCUT2D eigenvalue weighted by molar-refractivity contribution is 9.10. The summed E-state index contributed by atoms with van der Waals surface area (Å²) in [6.07, 6.45) is 1.37. The number of hydrogen-bond donors (Lipinski definition) is 1. The van der Waals surface area contributed by atoms with Crippen LogP contribution in [0.1, 0.15) is 18.1 Å². The van der Waals surface area contributed by atoms with Gasteiger partial charge in [-0.05, 0) is 88.6 Å². The third-order valence-corrected chi connectivity index (χ3v) is 5.94. The molecule has 37 heavy (non-hydrogen) atoms. The van der Waals surface area contributed by atoms with Crippen LogP contribution in [-0.2, 0) is 16.2 Å². The van der Waals surface area contributed by atoms with Gasteiger partial charge in [0, 0.05) is 0 Å². The van der Waals surface area contributed by atoms with Crippen molar-refractivity contribution >= 4 is 45.5 Å². The number of carbonyl (C=O) groups is 3. The predicted molar refractivity (Wildman–Crippen MR) is 138 cm³/mol. The van der Waals surface area contributed by atoms with Crippen molar-refractivity contribution in [2.24, 2.45) is 0 Å². The van der Waals surface area contributed by atoms with Crippen LogP contribution in [0.25, 0.3) is 6.08 Å². The first-order valence-corrected chi connectivity index (χ1v) is 12.0. The zero-order chi connectivity index (χ0) is 26.5. The SMILES string of the molecule is CCOc1cc(/C=C2\C(=O)NC(=O)N(c3ccc(OC)cc3)C2=O)cc(Br)c1OCc1cccc(F)c1. The molecule has 4 amide bonds. The summed E-state index contributed by atoms with van der Waals surface area (Å²) in [6, 6.07) is 14.7. The molecule has 1 aliphatic rings. The summed E-state index contributed by atoms with van der Waals surface area (Å²) < 4.78 is 30.7. The van der Waals surface area contributed by atoms with E-state index in [1.807, 2.05) is 0 Å². The fourth-order valence-corrected chi connectivity index (χ4v) is 4.22. The average molecular weight is 569 g/mol. The number of amides is 4. The number of carbonyl (C=O) groups excluding carboxylic acids is 3. The minimum Gasteiger partial charge on any atom is -0.497 e. The molecule has 0 aromatic heterocycles. The van der Waals surface area contributed by atoms with E-state index in [1.54, 1.807) is 43.3 Å². The van der Waals surface area contributed by atoms with E-state index in [0.29, 0.717) is 39.5 Å². The van der Waals surface area contributed by atoms with Gasteiger partial charge in [0.05, 0.1) is 23.9 Å². The molecule has 8 nitrogen and oxygen atoms in total. The van der Waals surface area contributed by atoms with Gasteiger partial charge in [-0.3, -0.25) is 14.9 Å². The van der Waals surface area contributed by atoms with Gasteiger partial charge in [-0.1, -0.05) is 12.1 Å². The lowest BCUT2D eigenvalue weighted by Gasteiger charge is -2.26. The summed E-state index contributed by atoms with van der Waals surface area (Å²) in [5.74, 6) is -0.687. The standard InChI is InChI=1S/C27H22BrFN2O6/c1-3-36-23-14-17(13-22(28)24(23)37-15-16-5-4-6-18(29)11-16)12-21-25(32)30-27(34)31(26(21)33)19-7-9-20(35-2)10-8-19/h4-14H,3,15H2,1-2H3,(H,30,32,34)/b21-12+. The van der Waals surface area contributed by atoms with Crippen molar-refractivity contribution < 1.29 is 33.0 Å². The van der Waals surface area contributed by atoms with Crippen molar-refractivity contribution in [3.05, 3.63) is 87.7 Å². The van der Waals surface area contributed by atoms with Crippen molar-refractivity contribution in [1.29, 1.82) is 0 Å².